The van der Waals surface area contributed by atoms with Gasteiger partial charge in [-0.1, -0.05) is 218 Å². The van der Waals surface area contributed by atoms with E-state index in [2.05, 4.69) is 37.5 Å². The largest absolute Gasteiger partial charge is 0.0891 e. The molecule has 0 aliphatic carbocycles. The fourth-order valence-electron chi connectivity index (χ4n) is 5.74. The van der Waals surface area contributed by atoms with Gasteiger partial charge < -0.3 is 0 Å². The van der Waals surface area contributed by atoms with Gasteiger partial charge in [-0.3, -0.25) is 0 Å². The number of hydrogen-bond donors (Lipinski definition) is 0. The first-order valence-electron chi connectivity index (χ1n) is 18.9. The SMILES string of the molecule is CCCCCCCCCCCCCCCCCCC#CC#CCCCCCCCCCCCCCCCCCC. The second kappa shape index (κ2) is 38.1. The normalized spacial score (nSPS) is 10.8. The monoisotopic (exact) mass is 555 g/mol. The molecule has 0 fully saturated rings. The predicted octanol–water partition coefficient (Wildman–Crippen LogP) is 14.3. The number of hydrogen-bond acceptors (Lipinski definition) is 0. The van der Waals surface area contributed by atoms with Gasteiger partial charge in [-0.25, -0.2) is 0 Å². The standard InChI is InChI=1S/C40H74/c1-3-5-7-9-11-13-15-17-19-21-23-25-27-29-31-33-35-37-39-40-38-36-34-32-30-28-26-24-22-20-18-16-14-12-10-8-6-4-2/h3-36H2,1-2H3. The molecule has 0 unspecified atom stereocenters. The van der Waals surface area contributed by atoms with E-state index >= 15 is 0 Å². The van der Waals surface area contributed by atoms with Crippen LogP contribution < -0.4 is 0 Å². The molecule has 0 N–H and O–H groups in total. The summed E-state index contributed by atoms with van der Waals surface area (Å²) in [7, 11) is 0. The van der Waals surface area contributed by atoms with Crippen LogP contribution in [-0.4, -0.2) is 0 Å². The van der Waals surface area contributed by atoms with Crippen LogP contribution in [0.25, 0.3) is 0 Å². The maximum Gasteiger partial charge on any atom is 0.00989 e. The molecule has 0 radical (unpaired) electrons. The van der Waals surface area contributed by atoms with E-state index in [0.29, 0.717) is 0 Å². The summed E-state index contributed by atoms with van der Waals surface area (Å²) in [6.07, 6.45) is 47.7. The summed E-state index contributed by atoms with van der Waals surface area (Å²) in [4.78, 5) is 0. The Kier molecular flexibility index (Phi) is 37.3. The average molecular weight is 555 g/mol. The van der Waals surface area contributed by atoms with Crippen molar-refractivity contribution in [1.29, 1.82) is 0 Å². The minimum absolute atomic E-state index is 1.03. The van der Waals surface area contributed by atoms with E-state index in [9.17, 15) is 0 Å². The molecule has 0 aromatic carbocycles. The Hall–Kier alpha value is -0.880. The Balaban J connectivity index is 3.19. The molecular weight excluding hydrogens is 480 g/mol. The maximum absolute atomic E-state index is 3.27. The van der Waals surface area contributed by atoms with Crippen molar-refractivity contribution in [3.63, 3.8) is 0 Å². The van der Waals surface area contributed by atoms with Crippen LogP contribution in [0, 0.1) is 23.7 Å². The molecule has 0 saturated heterocycles. The van der Waals surface area contributed by atoms with Gasteiger partial charge >= 0.3 is 0 Å². The number of unbranched alkanes of at least 4 members (excludes halogenated alkanes) is 32. The molecule has 40 heavy (non-hydrogen) atoms. The van der Waals surface area contributed by atoms with Crippen molar-refractivity contribution in [1.82, 2.24) is 0 Å². The lowest BCUT2D eigenvalue weighted by atomic mass is 10.0. The van der Waals surface area contributed by atoms with Crippen molar-refractivity contribution in [3.05, 3.63) is 0 Å². The molecule has 0 nitrogen and oxygen atoms in total. The Bertz CT molecular complexity index is 512. The summed E-state index contributed by atoms with van der Waals surface area (Å²) in [5, 5.41) is 0. The molecule has 0 rings (SSSR count). The van der Waals surface area contributed by atoms with Crippen molar-refractivity contribution < 1.29 is 0 Å². The zero-order chi connectivity index (χ0) is 28.9. The van der Waals surface area contributed by atoms with E-state index in [4.69, 9.17) is 0 Å². The first kappa shape index (κ1) is 39.1. The second-order valence-corrected chi connectivity index (χ2v) is 12.7. The van der Waals surface area contributed by atoms with E-state index < -0.39 is 0 Å². The summed E-state index contributed by atoms with van der Waals surface area (Å²) in [6, 6.07) is 0. The summed E-state index contributed by atoms with van der Waals surface area (Å²) in [5.41, 5.74) is 0. The molecular formula is C40H74. The van der Waals surface area contributed by atoms with Gasteiger partial charge in [-0.05, 0) is 24.7 Å². The van der Waals surface area contributed by atoms with Gasteiger partial charge in [0.1, 0.15) is 0 Å². The molecule has 0 bridgehead atoms. The van der Waals surface area contributed by atoms with Crippen LogP contribution >= 0.6 is 0 Å². The Labute approximate surface area is 255 Å². The van der Waals surface area contributed by atoms with Gasteiger partial charge in [-0.15, -0.1) is 0 Å². The molecule has 0 saturated carbocycles. The van der Waals surface area contributed by atoms with E-state index in [1.807, 2.05) is 0 Å². The van der Waals surface area contributed by atoms with E-state index in [0.717, 1.165) is 12.8 Å². The summed E-state index contributed by atoms with van der Waals surface area (Å²) < 4.78 is 0. The van der Waals surface area contributed by atoms with Gasteiger partial charge in [0.25, 0.3) is 0 Å². The van der Waals surface area contributed by atoms with Crippen LogP contribution in [0.3, 0.4) is 0 Å². The van der Waals surface area contributed by atoms with E-state index in [-0.39, 0.29) is 0 Å². The molecule has 0 heteroatoms. The van der Waals surface area contributed by atoms with Gasteiger partial charge in [0, 0.05) is 12.8 Å². The molecule has 0 aromatic rings. The third kappa shape index (κ3) is 37.1. The average Bonchev–Trinajstić information content (AvgIpc) is 2.97. The molecule has 0 atom stereocenters. The molecule has 0 spiro atoms. The highest BCUT2D eigenvalue weighted by Gasteiger charge is 1.96. The maximum atomic E-state index is 3.27. The number of rotatable bonds is 32. The fraction of sp³-hybridized carbons (Fsp3) is 0.900. The summed E-state index contributed by atoms with van der Waals surface area (Å²) >= 11 is 0. The highest BCUT2D eigenvalue weighted by molar-refractivity contribution is 5.25. The van der Waals surface area contributed by atoms with Crippen molar-refractivity contribution in [2.45, 2.75) is 232 Å². The molecule has 0 amide bonds. The Morgan fingerprint density at radius 1 is 0.225 bits per heavy atom. The zero-order valence-electron chi connectivity index (χ0n) is 28.0. The predicted molar refractivity (Wildman–Crippen MR) is 184 cm³/mol. The van der Waals surface area contributed by atoms with Gasteiger partial charge in [-0.2, -0.15) is 0 Å². The van der Waals surface area contributed by atoms with Crippen LogP contribution in [0.2, 0.25) is 0 Å². The molecule has 0 aliphatic rings. The van der Waals surface area contributed by atoms with Crippen LogP contribution in [0.5, 0.6) is 0 Å². The van der Waals surface area contributed by atoms with E-state index in [1.165, 1.54) is 205 Å². The van der Waals surface area contributed by atoms with Gasteiger partial charge in [0.05, 0.1) is 0 Å². The van der Waals surface area contributed by atoms with Crippen molar-refractivity contribution in [2.24, 2.45) is 0 Å². The molecule has 0 aliphatic heterocycles. The van der Waals surface area contributed by atoms with Crippen LogP contribution in [0.15, 0.2) is 0 Å². The lowest BCUT2D eigenvalue weighted by molar-refractivity contribution is 0.530. The molecule has 0 aromatic heterocycles. The lowest BCUT2D eigenvalue weighted by Gasteiger charge is -2.03. The second-order valence-electron chi connectivity index (χ2n) is 12.7. The van der Waals surface area contributed by atoms with Crippen LogP contribution in [-0.2, 0) is 0 Å². The Morgan fingerprint density at radius 3 is 0.600 bits per heavy atom. The smallest absolute Gasteiger partial charge is 0.00989 e. The lowest BCUT2D eigenvalue weighted by Crippen LogP contribution is -1.83. The quantitative estimate of drug-likeness (QED) is 0.0573. The first-order valence-corrected chi connectivity index (χ1v) is 18.9. The minimum Gasteiger partial charge on any atom is -0.0891 e. The summed E-state index contributed by atoms with van der Waals surface area (Å²) in [5.74, 6) is 12.7. The van der Waals surface area contributed by atoms with Crippen LogP contribution in [0.1, 0.15) is 232 Å². The van der Waals surface area contributed by atoms with Crippen LogP contribution in [0.4, 0.5) is 0 Å². The van der Waals surface area contributed by atoms with Crippen molar-refractivity contribution in [2.75, 3.05) is 0 Å². The third-order valence-electron chi connectivity index (χ3n) is 8.55. The zero-order valence-corrected chi connectivity index (χ0v) is 28.0. The molecule has 0 heterocycles. The topological polar surface area (TPSA) is 0 Å². The summed E-state index contributed by atoms with van der Waals surface area (Å²) in [6.45, 7) is 4.60. The van der Waals surface area contributed by atoms with Crippen molar-refractivity contribution in [3.8, 4) is 23.7 Å². The third-order valence-corrected chi connectivity index (χ3v) is 8.55. The fourth-order valence-corrected chi connectivity index (χ4v) is 5.74. The highest BCUT2D eigenvalue weighted by atomic mass is 14.0. The highest BCUT2D eigenvalue weighted by Crippen LogP contribution is 2.15. The van der Waals surface area contributed by atoms with Gasteiger partial charge in [0.2, 0.25) is 0 Å². The first-order chi connectivity index (χ1) is 19.9. The minimum atomic E-state index is 1.03. The Morgan fingerprint density at radius 2 is 0.400 bits per heavy atom. The van der Waals surface area contributed by atoms with E-state index in [1.54, 1.807) is 0 Å². The van der Waals surface area contributed by atoms with Gasteiger partial charge in [0.15, 0.2) is 0 Å². The molecule has 234 valence electrons. The van der Waals surface area contributed by atoms with Crippen molar-refractivity contribution >= 4 is 0 Å².